The van der Waals surface area contributed by atoms with Crippen molar-refractivity contribution in [2.45, 2.75) is 6.42 Å². The molecule has 0 spiro atoms. The van der Waals surface area contributed by atoms with E-state index in [1.54, 1.807) is 0 Å². The molecule has 0 aliphatic carbocycles. The minimum absolute atomic E-state index is 0.0897. The van der Waals surface area contributed by atoms with Crippen molar-refractivity contribution in [3.8, 4) is 6.07 Å². The SMILES string of the molecule is N#Cc1coc(C(=O)N2C[C@@H]3CNC[C@@H](C3)C2)c1. The van der Waals surface area contributed by atoms with Crippen molar-refractivity contribution in [3.05, 3.63) is 23.7 Å². The number of rotatable bonds is 1. The number of carbonyl (C=O) groups excluding carboxylic acids is 1. The van der Waals surface area contributed by atoms with Crippen molar-refractivity contribution in [1.82, 2.24) is 10.2 Å². The number of nitrogens with zero attached hydrogens (tertiary/aromatic N) is 2. The fourth-order valence-corrected chi connectivity index (χ4v) is 2.93. The van der Waals surface area contributed by atoms with Crippen LogP contribution in [0.2, 0.25) is 0 Å². The van der Waals surface area contributed by atoms with Crippen molar-refractivity contribution < 1.29 is 9.21 Å². The van der Waals surface area contributed by atoms with Gasteiger partial charge in [0.15, 0.2) is 5.76 Å². The average molecular weight is 245 g/mol. The Hall–Kier alpha value is -1.80. The predicted octanol–water partition coefficient (Wildman–Crippen LogP) is 0.833. The van der Waals surface area contributed by atoms with Gasteiger partial charge in [-0.1, -0.05) is 0 Å². The average Bonchev–Trinajstić information content (AvgIpc) is 2.86. The topological polar surface area (TPSA) is 69.3 Å². The molecule has 5 nitrogen and oxygen atoms in total. The van der Waals surface area contributed by atoms with Gasteiger partial charge in [0.1, 0.15) is 12.3 Å². The first kappa shape index (κ1) is 11.3. The first-order valence-electron chi connectivity index (χ1n) is 6.25. The normalized spacial score (nSPS) is 26.7. The van der Waals surface area contributed by atoms with Gasteiger partial charge in [-0.2, -0.15) is 5.26 Å². The van der Waals surface area contributed by atoms with Gasteiger partial charge in [-0.3, -0.25) is 4.79 Å². The number of amides is 1. The Morgan fingerprint density at radius 1 is 1.44 bits per heavy atom. The highest BCUT2D eigenvalue weighted by molar-refractivity contribution is 5.92. The molecule has 2 atom stereocenters. The highest BCUT2D eigenvalue weighted by Crippen LogP contribution is 2.25. The second-order valence-electron chi connectivity index (χ2n) is 5.15. The third-order valence-corrected chi connectivity index (χ3v) is 3.72. The Labute approximate surface area is 105 Å². The van der Waals surface area contributed by atoms with Crippen LogP contribution in [0.1, 0.15) is 22.5 Å². The molecule has 2 aliphatic heterocycles. The molecule has 1 aromatic heterocycles. The van der Waals surface area contributed by atoms with Gasteiger partial charge in [0.25, 0.3) is 5.91 Å². The van der Waals surface area contributed by atoms with Gasteiger partial charge >= 0.3 is 0 Å². The third kappa shape index (κ3) is 2.00. The lowest BCUT2D eigenvalue weighted by molar-refractivity contribution is 0.0508. The summed E-state index contributed by atoms with van der Waals surface area (Å²) in [6, 6.07) is 3.49. The molecule has 0 radical (unpaired) electrons. The van der Waals surface area contributed by atoms with E-state index in [2.05, 4.69) is 5.32 Å². The van der Waals surface area contributed by atoms with Gasteiger partial charge in [0, 0.05) is 19.2 Å². The van der Waals surface area contributed by atoms with E-state index in [9.17, 15) is 4.79 Å². The minimum atomic E-state index is -0.0897. The summed E-state index contributed by atoms with van der Waals surface area (Å²) < 4.78 is 5.16. The summed E-state index contributed by atoms with van der Waals surface area (Å²) in [5.41, 5.74) is 0.400. The molecule has 3 rings (SSSR count). The number of nitriles is 1. The molecule has 0 unspecified atom stereocenters. The summed E-state index contributed by atoms with van der Waals surface area (Å²) >= 11 is 0. The minimum Gasteiger partial charge on any atom is -0.458 e. The van der Waals surface area contributed by atoms with Crippen molar-refractivity contribution >= 4 is 5.91 Å². The highest BCUT2D eigenvalue weighted by atomic mass is 16.3. The van der Waals surface area contributed by atoms with Crippen LogP contribution in [0.5, 0.6) is 0 Å². The van der Waals surface area contributed by atoms with Gasteiger partial charge in [0.2, 0.25) is 0 Å². The predicted molar refractivity (Wildman–Crippen MR) is 63.8 cm³/mol. The lowest BCUT2D eigenvalue weighted by Crippen LogP contribution is -2.52. The maximum Gasteiger partial charge on any atom is 0.289 e. The summed E-state index contributed by atoms with van der Waals surface area (Å²) in [6.07, 6.45) is 2.54. The number of hydrogen-bond acceptors (Lipinski definition) is 4. The molecule has 5 heteroatoms. The zero-order valence-electron chi connectivity index (χ0n) is 10.1. The van der Waals surface area contributed by atoms with Gasteiger partial charge < -0.3 is 14.6 Å². The number of fused-ring (bicyclic) bond motifs is 2. The summed E-state index contributed by atoms with van der Waals surface area (Å²) in [4.78, 5) is 14.1. The van der Waals surface area contributed by atoms with Crippen LogP contribution in [0.15, 0.2) is 16.7 Å². The molecule has 2 saturated heterocycles. The van der Waals surface area contributed by atoms with Crippen molar-refractivity contribution in [2.24, 2.45) is 11.8 Å². The number of likely N-dealkylation sites (tertiary alicyclic amines) is 1. The van der Waals surface area contributed by atoms with E-state index in [0.717, 1.165) is 26.2 Å². The van der Waals surface area contributed by atoms with Crippen molar-refractivity contribution in [3.63, 3.8) is 0 Å². The molecule has 94 valence electrons. The quantitative estimate of drug-likeness (QED) is 0.795. The monoisotopic (exact) mass is 245 g/mol. The van der Waals surface area contributed by atoms with E-state index in [4.69, 9.17) is 9.68 Å². The fraction of sp³-hybridized carbons (Fsp3) is 0.538. The summed E-state index contributed by atoms with van der Waals surface area (Å²) in [6.45, 7) is 3.54. The Morgan fingerprint density at radius 3 is 2.78 bits per heavy atom. The fourth-order valence-electron chi connectivity index (χ4n) is 2.93. The second-order valence-corrected chi connectivity index (χ2v) is 5.15. The molecule has 18 heavy (non-hydrogen) atoms. The lowest BCUT2D eigenvalue weighted by atomic mass is 9.86. The lowest BCUT2D eigenvalue weighted by Gasteiger charge is -2.41. The first-order valence-corrected chi connectivity index (χ1v) is 6.25. The smallest absolute Gasteiger partial charge is 0.289 e. The Morgan fingerprint density at radius 2 is 2.17 bits per heavy atom. The van der Waals surface area contributed by atoms with E-state index in [1.807, 2.05) is 11.0 Å². The van der Waals surface area contributed by atoms with Crippen LogP contribution in [-0.4, -0.2) is 37.0 Å². The summed E-state index contributed by atoms with van der Waals surface area (Å²) in [5.74, 6) is 1.28. The molecule has 2 aliphatic rings. The van der Waals surface area contributed by atoms with Crippen LogP contribution >= 0.6 is 0 Å². The van der Waals surface area contributed by atoms with Gasteiger partial charge in [-0.25, -0.2) is 0 Å². The maximum absolute atomic E-state index is 12.3. The van der Waals surface area contributed by atoms with E-state index in [1.165, 1.54) is 18.8 Å². The largest absolute Gasteiger partial charge is 0.458 e. The molecule has 1 amide bonds. The Balaban J connectivity index is 1.74. The number of nitrogens with one attached hydrogen (secondary N) is 1. The molecule has 2 bridgehead atoms. The molecular weight excluding hydrogens is 230 g/mol. The first-order chi connectivity index (χ1) is 8.76. The molecule has 1 aromatic rings. The van der Waals surface area contributed by atoms with Crippen LogP contribution in [0.3, 0.4) is 0 Å². The van der Waals surface area contributed by atoms with Crippen molar-refractivity contribution in [2.75, 3.05) is 26.2 Å². The maximum atomic E-state index is 12.3. The molecular formula is C13H15N3O2. The van der Waals surface area contributed by atoms with Crippen molar-refractivity contribution in [1.29, 1.82) is 5.26 Å². The van der Waals surface area contributed by atoms with Crippen LogP contribution in [0.25, 0.3) is 0 Å². The molecule has 2 fully saturated rings. The number of carbonyl (C=O) groups is 1. The van der Waals surface area contributed by atoms with Gasteiger partial charge in [-0.15, -0.1) is 0 Å². The third-order valence-electron chi connectivity index (χ3n) is 3.72. The van der Waals surface area contributed by atoms with Crippen LogP contribution in [0, 0.1) is 23.2 Å². The van der Waals surface area contributed by atoms with E-state index in [0.29, 0.717) is 17.4 Å². The van der Waals surface area contributed by atoms with E-state index < -0.39 is 0 Å². The van der Waals surface area contributed by atoms with Gasteiger partial charge in [0.05, 0.1) is 5.56 Å². The zero-order valence-corrected chi connectivity index (χ0v) is 10.1. The molecule has 0 aromatic carbocycles. The summed E-state index contributed by atoms with van der Waals surface area (Å²) in [5, 5.41) is 12.1. The van der Waals surface area contributed by atoms with Crippen LogP contribution in [-0.2, 0) is 0 Å². The van der Waals surface area contributed by atoms with E-state index in [-0.39, 0.29) is 11.7 Å². The van der Waals surface area contributed by atoms with E-state index >= 15 is 0 Å². The van der Waals surface area contributed by atoms with Gasteiger partial charge in [-0.05, 0) is 31.3 Å². The molecule has 3 heterocycles. The van der Waals surface area contributed by atoms with Crippen LogP contribution in [0.4, 0.5) is 0 Å². The number of furan rings is 1. The zero-order chi connectivity index (χ0) is 12.5. The second kappa shape index (κ2) is 4.46. The molecule has 1 N–H and O–H groups in total. The number of piperidine rings is 2. The standard InChI is InChI=1S/C13H15N3O2/c14-3-9-2-12(18-8-9)13(17)16-6-10-1-11(7-16)5-15-4-10/h2,8,10-11,15H,1,4-7H2/t10-,11+. The summed E-state index contributed by atoms with van der Waals surface area (Å²) in [7, 11) is 0. The number of hydrogen-bond donors (Lipinski definition) is 1. The Kier molecular flexibility index (Phi) is 2.80. The Bertz CT molecular complexity index is 491. The van der Waals surface area contributed by atoms with Crippen LogP contribution < -0.4 is 5.32 Å². The molecule has 0 saturated carbocycles. The highest BCUT2D eigenvalue weighted by Gasteiger charge is 2.33.